The van der Waals surface area contributed by atoms with Crippen molar-refractivity contribution >= 4 is 55.9 Å². The van der Waals surface area contributed by atoms with E-state index in [1.165, 1.54) is 10.5 Å². The van der Waals surface area contributed by atoms with Crippen LogP contribution in [0.1, 0.15) is 29.4 Å². The molecule has 0 fully saturated rings. The van der Waals surface area contributed by atoms with E-state index in [9.17, 15) is 0 Å². The summed E-state index contributed by atoms with van der Waals surface area (Å²) in [7, 11) is 0. The van der Waals surface area contributed by atoms with Gasteiger partial charge in [0, 0.05) is 28.5 Å². The van der Waals surface area contributed by atoms with Gasteiger partial charge in [-0.1, -0.05) is 85.0 Å². The summed E-state index contributed by atoms with van der Waals surface area (Å²) >= 11 is 0. The molecule has 0 spiro atoms. The molecule has 5 aromatic carbocycles. The molecule has 0 radical (unpaired) electrons. The van der Waals surface area contributed by atoms with Gasteiger partial charge in [-0.3, -0.25) is 0 Å². The molecule has 1 aliphatic rings. The quantitative estimate of drug-likeness (QED) is 0.157. The van der Waals surface area contributed by atoms with Crippen molar-refractivity contribution in [2.24, 2.45) is 0 Å². The number of anilines is 6. The second-order valence-electron chi connectivity index (χ2n) is 11.6. The number of fused-ring (bicyclic) bond motifs is 4. The van der Waals surface area contributed by atoms with Gasteiger partial charge < -0.3 is 19.3 Å². The first-order valence-corrected chi connectivity index (χ1v) is 15.2. The third-order valence-corrected chi connectivity index (χ3v) is 8.53. The van der Waals surface area contributed by atoms with Crippen LogP contribution in [0.15, 0.2) is 128 Å². The van der Waals surface area contributed by atoms with Gasteiger partial charge in [-0.15, -0.1) is 35.7 Å². The Morgan fingerprint density at radius 3 is 2.35 bits per heavy atom. The molecule has 0 saturated heterocycles. The molecule has 0 unspecified atom stereocenters. The molecule has 228 valence electrons. The molecular formula is C40H33N5Pt. The third-order valence-electron chi connectivity index (χ3n) is 8.53. The van der Waals surface area contributed by atoms with Crippen LogP contribution < -0.4 is 14.7 Å². The first-order valence-electron chi connectivity index (χ1n) is 16.7. The summed E-state index contributed by atoms with van der Waals surface area (Å²) in [6, 6.07) is 48.2. The van der Waals surface area contributed by atoms with E-state index in [1.807, 2.05) is 71.8 Å². The van der Waals surface area contributed by atoms with Crippen molar-refractivity contribution in [2.45, 2.75) is 19.8 Å². The second-order valence-corrected chi connectivity index (χ2v) is 11.6. The van der Waals surface area contributed by atoms with Crippen LogP contribution in [0.25, 0.3) is 27.6 Å². The van der Waals surface area contributed by atoms with Gasteiger partial charge in [0.2, 0.25) is 0 Å². The van der Waals surface area contributed by atoms with Crippen molar-refractivity contribution < 1.29 is 25.2 Å². The first-order chi connectivity index (χ1) is 23.3. The van der Waals surface area contributed by atoms with Gasteiger partial charge in [0.1, 0.15) is 5.82 Å². The molecule has 6 heteroatoms. The number of hydrogen-bond acceptors (Lipinski definition) is 4. The molecule has 46 heavy (non-hydrogen) atoms. The van der Waals surface area contributed by atoms with Gasteiger partial charge in [-0.2, -0.15) is 12.1 Å². The Morgan fingerprint density at radius 1 is 0.761 bits per heavy atom. The smallest absolute Gasteiger partial charge is 0.358 e. The molecule has 0 atom stereocenters. The molecule has 7 aromatic rings. The molecule has 0 saturated carbocycles. The molecule has 5 nitrogen and oxygen atoms in total. The van der Waals surface area contributed by atoms with Crippen LogP contribution in [0.5, 0.6) is 0 Å². The van der Waals surface area contributed by atoms with Crippen LogP contribution in [-0.2, 0) is 21.1 Å². The van der Waals surface area contributed by atoms with Gasteiger partial charge in [0.25, 0.3) is 0 Å². The average molecular weight is 782 g/mol. The summed E-state index contributed by atoms with van der Waals surface area (Å²) in [5.41, 5.74) is 8.12. The fourth-order valence-electron chi connectivity index (χ4n) is 6.30. The molecular weight excluding hydrogens is 746 g/mol. The van der Waals surface area contributed by atoms with E-state index < -0.39 is 6.98 Å². The topological polar surface area (TPSA) is 27.5 Å². The maximum absolute atomic E-state index is 8.17. The van der Waals surface area contributed by atoms with Crippen LogP contribution >= 0.6 is 0 Å². The Morgan fingerprint density at radius 2 is 1.52 bits per heavy atom. The van der Waals surface area contributed by atoms with Crippen molar-refractivity contribution in [1.29, 1.82) is 0 Å². The van der Waals surface area contributed by atoms with Gasteiger partial charge in [0.15, 0.2) is 0 Å². The number of pyridine rings is 1. The van der Waals surface area contributed by atoms with Crippen molar-refractivity contribution in [1.82, 2.24) is 9.55 Å². The van der Waals surface area contributed by atoms with E-state index >= 15 is 0 Å². The summed E-state index contributed by atoms with van der Waals surface area (Å²) in [6.45, 7) is 2.31. The summed E-state index contributed by atoms with van der Waals surface area (Å²) in [4.78, 5) is 10.4. The van der Waals surface area contributed by atoms with Gasteiger partial charge in [0.05, 0.1) is 18.0 Å². The molecule has 0 aliphatic carbocycles. The maximum Gasteiger partial charge on any atom is 2.00 e. The number of hydrogen-bond donors (Lipinski definition) is 0. The zero-order valence-electron chi connectivity index (χ0n) is 28.5. The first kappa shape index (κ1) is 26.4. The van der Waals surface area contributed by atoms with Crippen LogP contribution in [0.3, 0.4) is 0 Å². The van der Waals surface area contributed by atoms with E-state index in [1.54, 1.807) is 0 Å². The van der Waals surface area contributed by atoms with E-state index in [-0.39, 0.29) is 27.7 Å². The van der Waals surface area contributed by atoms with E-state index in [2.05, 4.69) is 96.1 Å². The molecule has 8 rings (SSSR count). The summed E-state index contributed by atoms with van der Waals surface area (Å²) in [5, 5.41) is 2.23. The fourth-order valence-corrected chi connectivity index (χ4v) is 6.30. The van der Waals surface area contributed by atoms with E-state index in [4.69, 9.17) is 9.10 Å². The Balaban J connectivity index is 0.00000378. The minimum atomic E-state index is -2.27. The average Bonchev–Trinajstić information content (AvgIpc) is 3.66. The van der Waals surface area contributed by atoms with Gasteiger partial charge in [-0.05, 0) is 59.3 Å². The molecule has 3 heterocycles. The maximum atomic E-state index is 8.17. The van der Waals surface area contributed by atoms with Gasteiger partial charge >= 0.3 is 21.1 Å². The predicted molar refractivity (Wildman–Crippen MR) is 187 cm³/mol. The molecule has 1 aliphatic heterocycles. The normalized spacial score (nSPS) is 13.8. The Bertz CT molecular complexity index is 2280. The second kappa shape index (κ2) is 12.1. The van der Waals surface area contributed by atoms with Crippen LogP contribution in [0, 0.1) is 12.1 Å². The van der Waals surface area contributed by atoms with Crippen molar-refractivity contribution in [3.05, 3.63) is 145 Å². The fraction of sp³-hybridized carbons (Fsp3) is 0.125. The predicted octanol–water partition coefficient (Wildman–Crippen LogP) is 9.92. The summed E-state index contributed by atoms with van der Waals surface area (Å²) in [5.74, 6) is 1.22. The molecule has 2 aromatic heterocycles. The number of nitrogens with zero attached hydrogens (tertiary/aromatic N) is 5. The number of aromatic nitrogens is 2. The summed E-state index contributed by atoms with van der Waals surface area (Å²) in [6.07, 6.45) is 1.88. The number of benzene rings is 5. The monoisotopic (exact) mass is 781 g/mol. The molecule has 0 N–H and O–H groups in total. The largest absolute Gasteiger partial charge is 2.00 e. The van der Waals surface area contributed by atoms with Crippen molar-refractivity contribution in [3.8, 4) is 5.82 Å². The van der Waals surface area contributed by atoms with Crippen LogP contribution in [-0.4, -0.2) is 23.2 Å². The van der Waals surface area contributed by atoms with Gasteiger partial charge in [-0.25, -0.2) is 4.98 Å². The van der Waals surface area contributed by atoms with Crippen molar-refractivity contribution in [3.63, 3.8) is 0 Å². The Labute approximate surface area is 288 Å². The SMILES string of the molecule is [2H]C([2H])([2H])N1CN(c2[c-]c(N(c3[c-]c4c(cc3)c3ccccc3n4-c3cc(C(C)C)ccn3)c3ccccc3)ccc2)c2ccccc21.[Pt+2]. The van der Waals surface area contributed by atoms with Crippen LogP contribution in [0.4, 0.5) is 34.1 Å². The minimum absolute atomic E-state index is 0. The minimum Gasteiger partial charge on any atom is -0.358 e. The zero-order valence-corrected chi connectivity index (χ0v) is 27.7. The van der Waals surface area contributed by atoms with E-state index in [0.29, 0.717) is 11.6 Å². The Kier molecular flexibility index (Phi) is 6.96. The zero-order chi connectivity index (χ0) is 33.0. The number of para-hydroxylation sites is 4. The standard InChI is InChI=1S/C40H33N5.Pt/c1-28(2)29-22-23-41-40(24-29)45-36-17-8-7-16-34(36)35-21-20-33(26-39(35)45)44(30-12-5-4-6-13-30)32-15-11-14-31(25-32)43-27-42(3)37-18-9-10-19-38(37)43;/h4-24,28H,27H2,1-3H3;/q-2;+2/i3D3;. The van der Waals surface area contributed by atoms with E-state index in [0.717, 1.165) is 56.1 Å². The molecule has 0 bridgehead atoms. The number of rotatable bonds is 6. The molecule has 0 amide bonds. The Hall–Kier alpha value is -4.86. The third kappa shape index (κ3) is 5.05. The summed E-state index contributed by atoms with van der Waals surface area (Å²) < 4.78 is 26.7. The van der Waals surface area contributed by atoms with Crippen molar-refractivity contribution in [2.75, 3.05) is 28.3 Å². The van der Waals surface area contributed by atoms with Crippen LogP contribution in [0.2, 0.25) is 0 Å².